The second kappa shape index (κ2) is 9.55. The predicted octanol–water partition coefficient (Wildman–Crippen LogP) is 5.43. The molecule has 1 N–H and O–H groups in total. The Bertz CT molecular complexity index is 1360. The van der Waals surface area contributed by atoms with E-state index in [9.17, 15) is 10.1 Å². The van der Waals surface area contributed by atoms with Crippen LogP contribution in [0, 0.1) is 10.1 Å². The number of pyridine rings is 1. The summed E-state index contributed by atoms with van der Waals surface area (Å²) in [4.78, 5) is 17.7. The van der Waals surface area contributed by atoms with Gasteiger partial charge in [0.2, 0.25) is 0 Å². The molecule has 8 nitrogen and oxygen atoms in total. The van der Waals surface area contributed by atoms with Gasteiger partial charge in [-0.25, -0.2) is 0 Å². The standard InChI is InChI=1S/C26H22N4O4S/c1-33-18-11-9-17(10-12-18)16-29-25(24(28-26(29)35)20-7-4-5-15-27-20)23-14-13-22(34-23)19-6-2-3-8-21(19)30(31)32/h2-15,24-25H,16H2,1H3,(H,28,35). The van der Waals surface area contributed by atoms with Crippen LogP contribution in [0.1, 0.15) is 29.1 Å². The minimum Gasteiger partial charge on any atom is -0.497 e. The molecule has 1 fully saturated rings. The molecule has 0 aliphatic carbocycles. The number of nitro groups is 1. The number of ether oxygens (including phenoxy) is 1. The fourth-order valence-electron chi connectivity index (χ4n) is 4.31. The van der Waals surface area contributed by atoms with E-state index < -0.39 is 4.92 Å². The number of thiocarbonyl (C=S) groups is 1. The molecule has 3 heterocycles. The average Bonchev–Trinajstić information content (AvgIpc) is 3.50. The van der Waals surface area contributed by atoms with Crippen LogP contribution < -0.4 is 10.1 Å². The van der Waals surface area contributed by atoms with Gasteiger partial charge in [-0.15, -0.1) is 0 Å². The van der Waals surface area contributed by atoms with Crippen LogP contribution in [-0.4, -0.2) is 27.0 Å². The first-order chi connectivity index (χ1) is 17.0. The summed E-state index contributed by atoms with van der Waals surface area (Å²) in [5, 5.41) is 15.5. The van der Waals surface area contributed by atoms with Gasteiger partial charge < -0.3 is 19.4 Å². The molecule has 1 aliphatic heterocycles. The number of furan rings is 1. The Kier molecular flexibility index (Phi) is 6.15. The third kappa shape index (κ3) is 4.45. The molecule has 2 aromatic carbocycles. The van der Waals surface area contributed by atoms with Gasteiger partial charge in [0, 0.05) is 18.8 Å². The van der Waals surface area contributed by atoms with Gasteiger partial charge in [0.05, 0.1) is 29.3 Å². The molecular formula is C26H22N4O4S. The van der Waals surface area contributed by atoms with E-state index in [0.717, 1.165) is 17.0 Å². The smallest absolute Gasteiger partial charge is 0.280 e. The summed E-state index contributed by atoms with van der Waals surface area (Å²) in [7, 11) is 1.63. The predicted molar refractivity (Wildman–Crippen MR) is 135 cm³/mol. The lowest BCUT2D eigenvalue weighted by molar-refractivity contribution is -0.384. The van der Waals surface area contributed by atoms with Crippen molar-refractivity contribution in [1.29, 1.82) is 0 Å². The first kappa shape index (κ1) is 22.5. The van der Waals surface area contributed by atoms with Crippen LogP contribution in [-0.2, 0) is 6.54 Å². The van der Waals surface area contributed by atoms with Crippen LogP contribution >= 0.6 is 12.2 Å². The molecule has 5 rings (SSSR count). The molecule has 35 heavy (non-hydrogen) atoms. The van der Waals surface area contributed by atoms with Gasteiger partial charge >= 0.3 is 0 Å². The van der Waals surface area contributed by atoms with E-state index in [4.69, 9.17) is 21.4 Å². The van der Waals surface area contributed by atoms with Crippen molar-refractivity contribution in [2.24, 2.45) is 0 Å². The number of hydrogen-bond acceptors (Lipinski definition) is 6. The third-order valence-corrected chi connectivity index (χ3v) is 6.35. The van der Waals surface area contributed by atoms with Crippen molar-refractivity contribution in [3.05, 3.63) is 112 Å². The van der Waals surface area contributed by atoms with Gasteiger partial charge in [0.25, 0.3) is 5.69 Å². The van der Waals surface area contributed by atoms with Gasteiger partial charge in [0.1, 0.15) is 23.3 Å². The van der Waals surface area contributed by atoms with E-state index in [1.54, 1.807) is 37.6 Å². The monoisotopic (exact) mass is 486 g/mol. The van der Waals surface area contributed by atoms with E-state index in [1.807, 2.05) is 48.5 Å². The largest absolute Gasteiger partial charge is 0.497 e. The van der Waals surface area contributed by atoms with Crippen LogP contribution in [0.3, 0.4) is 0 Å². The summed E-state index contributed by atoms with van der Waals surface area (Å²) in [5.41, 5.74) is 2.28. The zero-order chi connectivity index (χ0) is 24.4. The lowest BCUT2D eigenvalue weighted by Gasteiger charge is -2.26. The Morgan fingerprint density at radius 3 is 2.57 bits per heavy atom. The van der Waals surface area contributed by atoms with Crippen molar-refractivity contribution in [2.75, 3.05) is 7.11 Å². The fraction of sp³-hybridized carbons (Fsp3) is 0.154. The normalized spacial score (nSPS) is 17.3. The van der Waals surface area contributed by atoms with Crippen molar-refractivity contribution < 1.29 is 14.1 Å². The molecule has 176 valence electrons. The number of methoxy groups -OCH3 is 1. The Labute approximate surface area is 207 Å². The van der Waals surface area contributed by atoms with Crippen LogP contribution in [0.4, 0.5) is 5.69 Å². The van der Waals surface area contributed by atoms with Crippen molar-refractivity contribution >= 4 is 23.0 Å². The van der Waals surface area contributed by atoms with Gasteiger partial charge in [-0.05, 0) is 60.2 Å². The molecular weight excluding hydrogens is 464 g/mol. The lowest BCUT2D eigenvalue weighted by Crippen LogP contribution is -2.29. The van der Waals surface area contributed by atoms with Gasteiger partial charge in [0.15, 0.2) is 5.11 Å². The Morgan fingerprint density at radius 1 is 1.09 bits per heavy atom. The summed E-state index contributed by atoms with van der Waals surface area (Å²) in [6.45, 7) is 0.533. The number of rotatable bonds is 7. The van der Waals surface area contributed by atoms with Crippen LogP contribution in [0.15, 0.2) is 89.5 Å². The second-order valence-electron chi connectivity index (χ2n) is 8.08. The molecule has 1 aliphatic rings. The van der Waals surface area contributed by atoms with Crippen molar-refractivity contribution in [2.45, 2.75) is 18.6 Å². The molecule has 0 spiro atoms. The first-order valence-corrected chi connectivity index (χ1v) is 11.4. The van der Waals surface area contributed by atoms with E-state index in [-0.39, 0.29) is 17.8 Å². The highest BCUT2D eigenvalue weighted by atomic mass is 32.1. The summed E-state index contributed by atoms with van der Waals surface area (Å²) in [6, 6.07) is 23.1. The van der Waals surface area contributed by atoms with Gasteiger partial charge in [-0.3, -0.25) is 15.1 Å². The van der Waals surface area contributed by atoms with Crippen molar-refractivity contribution in [3.63, 3.8) is 0 Å². The average molecular weight is 487 g/mol. The summed E-state index contributed by atoms with van der Waals surface area (Å²) in [6.07, 6.45) is 1.74. The lowest BCUT2D eigenvalue weighted by atomic mass is 10.0. The second-order valence-corrected chi connectivity index (χ2v) is 8.47. The number of aromatic nitrogens is 1. The van der Waals surface area contributed by atoms with E-state index in [1.165, 1.54) is 6.07 Å². The highest BCUT2D eigenvalue weighted by molar-refractivity contribution is 7.80. The van der Waals surface area contributed by atoms with E-state index in [0.29, 0.717) is 28.7 Å². The van der Waals surface area contributed by atoms with E-state index in [2.05, 4.69) is 15.2 Å². The van der Waals surface area contributed by atoms with Crippen molar-refractivity contribution in [3.8, 4) is 17.1 Å². The Hall–Kier alpha value is -4.24. The molecule has 1 saturated heterocycles. The van der Waals surface area contributed by atoms with Gasteiger partial charge in [-0.2, -0.15) is 0 Å². The van der Waals surface area contributed by atoms with Crippen molar-refractivity contribution in [1.82, 2.24) is 15.2 Å². The number of nitrogens with zero attached hydrogens (tertiary/aromatic N) is 3. The van der Waals surface area contributed by atoms with Crippen LogP contribution in [0.2, 0.25) is 0 Å². The fourth-order valence-corrected chi connectivity index (χ4v) is 4.62. The minimum atomic E-state index is -0.406. The molecule has 2 atom stereocenters. The van der Waals surface area contributed by atoms with Gasteiger partial charge in [-0.1, -0.05) is 30.3 Å². The molecule has 0 radical (unpaired) electrons. The van der Waals surface area contributed by atoms with Crippen LogP contribution in [0.5, 0.6) is 5.75 Å². The number of nitro benzene ring substituents is 1. The highest BCUT2D eigenvalue weighted by Gasteiger charge is 2.41. The van der Waals surface area contributed by atoms with Crippen LogP contribution in [0.25, 0.3) is 11.3 Å². The summed E-state index contributed by atoms with van der Waals surface area (Å²) < 4.78 is 11.5. The summed E-state index contributed by atoms with van der Waals surface area (Å²) in [5.74, 6) is 1.84. The number of para-hydroxylation sites is 1. The number of hydrogen-bond donors (Lipinski definition) is 1. The highest BCUT2D eigenvalue weighted by Crippen LogP contribution is 2.42. The molecule has 2 aromatic heterocycles. The SMILES string of the molecule is COc1ccc(CN2C(=S)NC(c3ccccn3)C2c2ccc(-c3ccccc3[N+](=O)[O-])o2)cc1. The molecule has 0 bridgehead atoms. The molecule has 0 saturated carbocycles. The maximum absolute atomic E-state index is 11.6. The third-order valence-electron chi connectivity index (χ3n) is 5.99. The molecule has 9 heteroatoms. The summed E-state index contributed by atoms with van der Waals surface area (Å²) >= 11 is 5.73. The number of benzene rings is 2. The molecule has 2 unspecified atom stereocenters. The zero-order valence-corrected chi connectivity index (χ0v) is 19.6. The maximum atomic E-state index is 11.6. The van der Waals surface area contributed by atoms with E-state index >= 15 is 0 Å². The first-order valence-electron chi connectivity index (χ1n) is 11.0. The minimum absolute atomic E-state index is 0.00941. The maximum Gasteiger partial charge on any atom is 0.280 e. The molecule has 0 amide bonds. The topological polar surface area (TPSA) is 93.7 Å². The quantitative estimate of drug-likeness (QED) is 0.210. The Morgan fingerprint density at radius 2 is 1.86 bits per heavy atom. The molecule has 4 aromatic rings. The number of nitrogens with one attached hydrogen (secondary N) is 1. The zero-order valence-electron chi connectivity index (χ0n) is 18.8. The Balaban J connectivity index is 1.54.